The van der Waals surface area contributed by atoms with Crippen LogP contribution < -0.4 is 5.90 Å². The molecular weight excluding hydrogens is 251 g/mol. The molecule has 0 saturated carbocycles. The molecule has 0 aliphatic carbocycles. The molecule has 96 valence electrons. The van der Waals surface area contributed by atoms with Gasteiger partial charge in [0.25, 0.3) is 0 Å². The molecule has 0 atom stereocenters. The van der Waals surface area contributed by atoms with Crippen molar-refractivity contribution >= 4 is 11.3 Å². The van der Waals surface area contributed by atoms with Crippen LogP contribution in [0.2, 0.25) is 0 Å². The summed E-state index contributed by atoms with van der Waals surface area (Å²) in [6.45, 7) is 4.22. The first-order valence-corrected chi connectivity index (χ1v) is 6.48. The maximum Gasteiger partial charge on any atom is 0.126 e. The minimum absolute atomic E-state index is 0.191. The number of aromatic nitrogens is 1. The van der Waals surface area contributed by atoms with E-state index in [-0.39, 0.29) is 5.82 Å². The van der Waals surface area contributed by atoms with Gasteiger partial charge >= 0.3 is 0 Å². The Morgan fingerprint density at radius 3 is 2.83 bits per heavy atom. The molecule has 1 aromatic heterocycles. The molecule has 2 aromatic rings. The predicted molar refractivity (Wildman–Crippen MR) is 70.8 cm³/mol. The molecule has 1 heterocycles. The van der Waals surface area contributed by atoms with Crippen LogP contribution in [0, 0.1) is 19.7 Å². The van der Waals surface area contributed by atoms with Crippen LogP contribution in [0.25, 0.3) is 11.3 Å². The van der Waals surface area contributed by atoms with Crippen LogP contribution in [0.5, 0.6) is 0 Å². The summed E-state index contributed by atoms with van der Waals surface area (Å²) < 4.78 is 13.2. The molecule has 0 aliphatic heterocycles. The monoisotopic (exact) mass is 266 g/mol. The van der Waals surface area contributed by atoms with E-state index in [0.29, 0.717) is 18.6 Å². The summed E-state index contributed by atoms with van der Waals surface area (Å²) >= 11 is 1.62. The SMILES string of the molecule is Cc1cc(-c2nc(CCON)sc2C)ccc1F. The lowest BCUT2D eigenvalue weighted by molar-refractivity contribution is 0.141. The average molecular weight is 266 g/mol. The number of nitrogens with zero attached hydrogens (tertiary/aromatic N) is 1. The fraction of sp³-hybridized carbons (Fsp3) is 0.308. The Morgan fingerprint density at radius 2 is 2.17 bits per heavy atom. The first kappa shape index (κ1) is 13.1. The van der Waals surface area contributed by atoms with Crippen molar-refractivity contribution in [1.29, 1.82) is 0 Å². The first-order valence-electron chi connectivity index (χ1n) is 5.66. The second-order valence-corrected chi connectivity index (χ2v) is 5.38. The lowest BCUT2D eigenvalue weighted by Gasteiger charge is -2.01. The van der Waals surface area contributed by atoms with Crippen LogP contribution in [0.1, 0.15) is 15.4 Å². The van der Waals surface area contributed by atoms with Crippen LogP contribution >= 0.6 is 11.3 Å². The van der Waals surface area contributed by atoms with Gasteiger partial charge in [0.2, 0.25) is 0 Å². The van der Waals surface area contributed by atoms with Gasteiger partial charge in [0.15, 0.2) is 0 Å². The molecule has 1 aromatic carbocycles. The third kappa shape index (κ3) is 2.75. The highest BCUT2D eigenvalue weighted by atomic mass is 32.1. The molecule has 0 aliphatic rings. The highest BCUT2D eigenvalue weighted by Gasteiger charge is 2.10. The van der Waals surface area contributed by atoms with Crippen LogP contribution in [-0.4, -0.2) is 11.6 Å². The Morgan fingerprint density at radius 1 is 1.39 bits per heavy atom. The maximum atomic E-state index is 13.2. The summed E-state index contributed by atoms with van der Waals surface area (Å²) in [6, 6.07) is 5.06. The Balaban J connectivity index is 2.32. The zero-order valence-electron chi connectivity index (χ0n) is 10.4. The number of hydrogen-bond acceptors (Lipinski definition) is 4. The quantitative estimate of drug-likeness (QED) is 0.865. The molecule has 18 heavy (non-hydrogen) atoms. The molecule has 2 rings (SSSR count). The zero-order valence-corrected chi connectivity index (χ0v) is 11.2. The molecule has 5 heteroatoms. The van der Waals surface area contributed by atoms with Gasteiger partial charge in [-0.05, 0) is 37.6 Å². The molecule has 0 unspecified atom stereocenters. The number of nitrogens with two attached hydrogens (primary N) is 1. The molecule has 2 N–H and O–H groups in total. The second-order valence-electron chi connectivity index (χ2n) is 4.10. The van der Waals surface area contributed by atoms with Crippen molar-refractivity contribution < 1.29 is 9.23 Å². The van der Waals surface area contributed by atoms with Gasteiger partial charge in [-0.15, -0.1) is 11.3 Å². The van der Waals surface area contributed by atoms with Crippen LogP contribution in [0.3, 0.4) is 0 Å². The lowest BCUT2D eigenvalue weighted by Crippen LogP contribution is -2.03. The van der Waals surface area contributed by atoms with Gasteiger partial charge in [0.05, 0.1) is 17.3 Å². The normalized spacial score (nSPS) is 10.9. The van der Waals surface area contributed by atoms with Gasteiger partial charge in [-0.25, -0.2) is 15.3 Å². The summed E-state index contributed by atoms with van der Waals surface area (Å²) in [5, 5.41) is 0.981. The van der Waals surface area contributed by atoms with E-state index >= 15 is 0 Å². The molecule has 0 bridgehead atoms. The van der Waals surface area contributed by atoms with E-state index in [1.54, 1.807) is 24.3 Å². The van der Waals surface area contributed by atoms with Gasteiger partial charge in [-0.3, -0.25) is 0 Å². The van der Waals surface area contributed by atoms with Crippen molar-refractivity contribution in [2.75, 3.05) is 6.61 Å². The largest absolute Gasteiger partial charge is 0.304 e. The first-order chi connectivity index (χ1) is 8.61. The minimum atomic E-state index is -0.191. The van der Waals surface area contributed by atoms with Gasteiger partial charge < -0.3 is 4.84 Å². The van der Waals surface area contributed by atoms with E-state index < -0.39 is 0 Å². The van der Waals surface area contributed by atoms with Crippen molar-refractivity contribution in [3.63, 3.8) is 0 Å². The zero-order chi connectivity index (χ0) is 13.1. The van der Waals surface area contributed by atoms with Crippen molar-refractivity contribution in [3.05, 3.63) is 39.5 Å². The highest BCUT2D eigenvalue weighted by molar-refractivity contribution is 7.12. The summed E-state index contributed by atoms with van der Waals surface area (Å²) in [7, 11) is 0. The summed E-state index contributed by atoms with van der Waals surface area (Å²) in [4.78, 5) is 10.2. The lowest BCUT2D eigenvalue weighted by atomic mass is 10.1. The third-order valence-corrected chi connectivity index (χ3v) is 3.74. The Bertz CT molecular complexity index is 554. The molecule has 0 amide bonds. The summed E-state index contributed by atoms with van der Waals surface area (Å²) in [6.07, 6.45) is 0.697. The van der Waals surface area contributed by atoms with E-state index in [1.807, 2.05) is 13.0 Å². The molecule has 3 nitrogen and oxygen atoms in total. The highest BCUT2D eigenvalue weighted by Crippen LogP contribution is 2.28. The van der Waals surface area contributed by atoms with Gasteiger partial charge in [-0.2, -0.15) is 0 Å². The van der Waals surface area contributed by atoms with Gasteiger partial charge in [0.1, 0.15) is 5.82 Å². The van der Waals surface area contributed by atoms with Crippen LogP contribution in [-0.2, 0) is 11.3 Å². The topological polar surface area (TPSA) is 48.1 Å². The van der Waals surface area contributed by atoms with E-state index in [4.69, 9.17) is 5.90 Å². The average Bonchev–Trinajstić information content (AvgIpc) is 2.71. The van der Waals surface area contributed by atoms with Crippen molar-refractivity contribution in [1.82, 2.24) is 4.98 Å². The molecule has 0 radical (unpaired) electrons. The minimum Gasteiger partial charge on any atom is -0.304 e. The Labute approximate surface area is 109 Å². The Kier molecular flexibility index (Phi) is 4.06. The smallest absolute Gasteiger partial charge is 0.126 e. The summed E-state index contributed by atoms with van der Waals surface area (Å²) in [5.74, 6) is 4.81. The van der Waals surface area contributed by atoms with E-state index in [2.05, 4.69) is 9.82 Å². The van der Waals surface area contributed by atoms with Crippen LogP contribution in [0.15, 0.2) is 18.2 Å². The number of thiazole rings is 1. The molecule has 0 saturated heterocycles. The Hall–Kier alpha value is -1.30. The van der Waals surface area contributed by atoms with Gasteiger partial charge in [0, 0.05) is 16.9 Å². The van der Waals surface area contributed by atoms with E-state index in [9.17, 15) is 4.39 Å². The fourth-order valence-corrected chi connectivity index (χ4v) is 2.70. The number of rotatable bonds is 4. The molecule has 0 fully saturated rings. The second kappa shape index (κ2) is 5.56. The van der Waals surface area contributed by atoms with Gasteiger partial charge in [-0.1, -0.05) is 0 Å². The van der Waals surface area contributed by atoms with E-state index in [1.165, 1.54) is 6.07 Å². The predicted octanol–water partition coefficient (Wildman–Crippen LogP) is 3.00. The number of halogens is 1. The third-order valence-electron chi connectivity index (χ3n) is 2.71. The van der Waals surface area contributed by atoms with Crippen molar-refractivity contribution in [3.8, 4) is 11.3 Å². The molecular formula is C13H15FN2OS. The summed E-state index contributed by atoms with van der Waals surface area (Å²) in [5.41, 5.74) is 2.49. The fourth-order valence-electron chi connectivity index (χ4n) is 1.76. The number of aryl methyl sites for hydroxylation is 2. The van der Waals surface area contributed by atoms with Crippen molar-refractivity contribution in [2.45, 2.75) is 20.3 Å². The maximum absolute atomic E-state index is 13.2. The van der Waals surface area contributed by atoms with Crippen LogP contribution in [0.4, 0.5) is 4.39 Å². The van der Waals surface area contributed by atoms with E-state index in [0.717, 1.165) is 21.1 Å². The van der Waals surface area contributed by atoms with Crippen molar-refractivity contribution in [2.24, 2.45) is 5.90 Å². The molecule has 0 spiro atoms. The number of benzene rings is 1. The number of hydrogen-bond donors (Lipinski definition) is 1. The standard InChI is InChI=1S/C13H15FN2OS/c1-8-7-10(3-4-11(8)14)13-9(2)18-12(16-13)5-6-17-15/h3-4,7H,5-6,15H2,1-2H3.